The summed E-state index contributed by atoms with van der Waals surface area (Å²) in [5, 5.41) is 9.21. The van der Waals surface area contributed by atoms with Gasteiger partial charge >= 0.3 is 0 Å². The first kappa shape index (κ1) is 12.2. The molecule has 0 unspecified atom stereocenters. The molecule has 2 rings (SSSR count). The van der Waals surface area contributed by atoms with Crippen LogP contribution in [0.3, 0.4) is 0 Å². The first-order valence-electron chi connectivity index (χ1n) is 5.46. The summed E-state index contributed by atoms with van der Waals surface area (Å²) in [6, 6.07) is 12.2. The summed E-state index contributed by atoms with van der Waals surface area (Å²) in [7, 11) is 0. The third-order valence-electron chi connectivity index (χ3n) is 2.42. The maximum absolute atomic E-state index is 5.14. The van der Waals surface area contributed by atoms with E-state index in [1.807, 2.05) is 25.1 Å². The molecule has 0 radical (unpaired) electrons. The molecule has 0 heterocycles. The normalized spacial score (nSPS) is 10.2. The minimum atomic E-state index is 0.651. The van der Waals surface area contributed by atoms with Gasteiger partial charge in [-0.25, -0.2) is 0 Å². The Morgan fingerprint density at radius 1 is 1.18 bits per heavy atom. The highest BCUT2D eigenvalue weighted by molar-refractivity contribution is 7.80. The Bertz CT molecular complexity index is 552. The van der Waals surface area contributed by atoms with Crippen molar-refractivity contribution in [2.45, 2.75) is 11.8 Å². The Kier molecular flexibility index (Phi) is 3.86. The molecule has 0 saturated heterocycles. The number of anilines is 1. The second kappa shape index (κ2) is 5.38. The minimum absolute atomic E-state index is 0.651. The summed E-state index contributed by atoms with van der Waals surface area (Å²) in [4.78, 5) is 0.973. The van der Waals surface area contributed by atoms with E-state index < -0.39 is 0 Å². The van der Waals surface area contributed by atoms with Crippen LogP contribution >= 0.6 is 24.8 Å². The summed E-state index contributed by atoms with van der Waals surface area (Å²) in [6.07, 6.45) is 0. The molecule has 0 spiro atoms. The summed E-state index contributed by atoms with van der Waals surface area (Å²) in [5.74, 6) is 0. The van der Waals surface area contributed by atoms with E-state index in [1.165, 1.54) is 10.8 Å². The van der Waals surface area contributed by atoms with Crippen LogP contribution in [0.5, 0.6) is 0 Å². The zero-order valence-corrected chi connectivity index (χ0v) is 11.2. The van der Waals surface area contributed by atoms with Crippen molar-refractivity contribution >= 4 is 46.4 Å². The molecule has 88 valence electrons. The zero-order valence-electron chi connectivity index (χ0n) is 9.53. The number of fused-ring (bicyclic) bond motifs is 1. The molecule has 0 amide bonds. The van der Waals surface area contributed by atoms with Crippen LogP contribution in [0, 0.1) is 0 Å². The lowest BCUT2D eigenvalue weighted by Crippen LogP contribution is -2.27. The number of thiocarbonyl (C=S) groups is 1. The van der Waals surface area contributed by atoms with Gasteiger partial charge in [0.15, 0.2) is 5.11 Å². The molecule has 0 saturated carbocycles. The van der Waals surface area contributed by atoms with Gasteiger partial charge in [-0.3, -0.25) is 0 Å². The SMILES string of the molecule is CCNC(=S)Nc1ccc2cc(S)ccc2c1. The molecule has 2 nitrogen and oxygen atoms in total. The molecule has 0 aromatic heterocycles. The lowest BCUT2D eigenvalue weighted by Gasteiger charge is -2.09. The van der Waals surface area contributed by atoms with Crippen molar-refractivity contribution < 1.29 is 0 Å². The standard InChI is InChI=1S/C13H14N2S2/c1-2-14-13(17)15-11-5-3-10-8-12(16)6-4-9(10)7-11/h3-8,16H,2H2,1H3,(H2,14,15,17). The van der Waals surface area contributed by atoms with Crippen molar-refractivity contribution in [3.63, 3.8) is 0 Å². The topological polar surface area (TPSA) is 24.1 Å². The van der Waals surface area contributed by atoms with Gasteiger partial charge in [0, 0.05) is 17.1 Å². The van der Waals surface area contributed by atoms with Crippen molar-refractivity contribution in [3.8, 4) is 0 Å². The van der Waals surface area contributed by atoms with Crippen molar-refractivity contribution in [2.24, 2.45) is 0 Å². The van der Waals surface area contributed by atoms with Crippen LogP contribution in [-0.4, -0.2) is 11.7 Å². The molecule has 0 aliphatic rings. The Balaban J connectivity index is 2.26. The predicted molar refractivity (Wildman–Crippen MR) is 81.1 cm³/mol. The highest BCUT2D eigenvalue weighted by atomic mass is 32.1. The van der Waals surface area contributed by atoms with Gasteiger partial charge in [0.25, 0.3) is 0 Å². The van der Waals surface area contributed by atoms with Gasteiger partial charge in [-0.2, -0.15) is 0 Å². The summed E-state index contributed by atoms with van der Waals surface area (Å²) in [5.41, 5.74) is 0.996. The average molecular weight is 262 g/mol. The molecule has 17 heavy (non-hydrogen) atoms. The lowest BCUT2D eigenvalue weighted by atomic mass is 10.1. The van der Waals surface area contributed by atoms with Crippen LogP contribution in [0.1, 0.15) is 6.92 Å². The van der Waals surface area contributed by atoms with Gasteiger partial charge in [0.2, 0.25) is 0 Å². The Morgan fingerprint density at radius 2 is 1.88 bits per heavy atom. The van der Waals surface area contributed by atoms with E-state index in [0.29, 0.717) is 5.11 Å². The quantitative estimate of drug-likeness (QED) is 0.571. The van der Waals surface area contributed by atoms with Crippen LogP contribution in [0.2, 0.25) is 0 Å². The molecule has 0 aliphatic carbocycles. The van der Waals surface area contributed by atoms with E-state index in [0.717, 1.165) is 17.1 Å². The molecule has 0 aliphatic heterocycles. The van der Waals surface area contributed by atoms with Gasteiger partial charge in [-0.15, -0.1) is 12.6 Å². The molecular weight excluding hydrogens is 248 g/mol. The van der Waals surface area contributed by atoms with Gasteiger partial charge in [0.05, 0.1) is 0 Å². The molecule has 2 aromatic carbocycles. The molecular formula is C13H14N2S2. The van der Waals surface area contributed by atoms with Gasteiger partial charge in [-0.1, -0.05) is 12.1 Å². The number of hydrogen-bond donors (Lipinski definition) is 3. The van der Waals surface area contributed by atoms with Crippen molar-refractivity contribution in [1.82, 2.24) is 5.32 Å². The maximum Gasteiger partial charge on any atom is 0.170 e. The van der Waals surface area contributed by atoms with E-state index in [9.17, 15) is 0 Å². The third-order valence-corrected chi connectivity index (χ3v) is 2.94. The number of hydrogen-bond acceptors (Lipinski definition) is 2. The first-order valence-corrected chi connectivity index (χ1v) is 6.32. The second-order valence-electron chi connectivity index (χ2n) is 3.73. The number of benzene rings is 2. The van der Waals surface area contributed by atoms with Crippen molar-refractivity contribution in [2.75, 3.05) is 11.9 Å². The molecule has 2 aromatic rings. The fourth-order valence-electron chi connectivity index (χ4n) is 1.65. The van der Waals surface area contributed by atoms with Crippen LogP contribution in [-0.2, 0) is 0 Å². The minimum Gasteiger partial charge on any atom is -0.363 e. The second-order valence-corrected chi connectivity index (χ2v) is 4.66. The fraction of sp³-hybridized carbons (Fsp3) is 0.154. The first-order chi connectivity index (χ1) is 8.19. The maximum atomic E-state index is 5.14. The van der Waals surface area contributed by atoms with E-state index >= 15 is 0 Å². The number of nitrogens with one attached hydrogen (secondary N) is 2. The van der Waals surface area contributed by atoms with E-state index in [2.05, 4.69) is 41.5 Å². The van der Waals surface area contributed by atoms with Gasteiger partial charge in [0.1, 0.15) is 0 Å². The molecule has 4 heteroatoms. The zero-order chi connectivity index (χ0) is 12.3. The molecule has 0 bridgehead atoms. The van der Waals surface area contributed by atoms with Crippen LogP contribution < -0.4 is 10.6 Å². The molecule has 2 N–H and O–H groups in total. The number of thiol groups is 1. The highest BCUT2D eigenvalue weighted by Crippen LogP contribution is 2.21. The monoisotopic (exact) mass is 262 g/mol. The van der Waals surface area contributed by atoms with E-state index in [4.69, 9.17) is 12.2 Å². The Hall–Kier alpha value is -1.26. The van der Waals surface area contributed by atoms with Gasteiger partial charge < -0.3 is 10.6 Å². The fourth-order valence-corrected chi connectivity index (χ4v) is 2.12. The third kappa shape index (κ3) is 3.11. The Morgan fingerprint density at radius 3 is 2.65 bits per heavy atom. The predicted octanol–water partition coefficient (Wildman–Crippen LogP) is 3.43. The van der Waals surface area contributed by atoms with Crippen molar-refractivity contribution in [1.29, 1.82) is 0 Å². The molecule has 0 fully saturated rings. The van der Waals surface area contributed by atoms with E-state index in [1.54, 1.807) is 0 Å². The van der Waals surface area contributed by atoms with Crippen LogP contribution in [0.15, 0.2) is 41.3 Å². The summed E-state index contributed by atoms with van der Waals surface area (Å²) in [6.45, 7) is 2.84. The summed E-state index contributed by atoms with van der Waals surface area (Å²) < 4.78 is 0. The van der Waals surface area contributed by atoms with Crippen LogP contribution in [0.25, 0.3) is 10.8 Å². The van der Waals surface area contributed by atoms with Gasteiger partial charge in [-0.05, 0) is 54.2 Å². The summed E-state index contributed by atoms with van der Waals surface area (Å²) >= 11 is 9.47. The Labute approximate surface area is 112 Å². The van der Waals surface area contributed by atoms with Crippen LogP contribution in [0.4, 0.5) is 5.69 Å². The highest BCUT2D eigenvalue weighted by Gasteiger charge is 1.99. The average Bonchev–Trinajstić information content (AvgIpc) is 2.29. The lowest BCUT2D eigenvalue weighted by molar-refractivity contribution is 0.979. The van der Waals surface area contributed by atoms with E-state index in [-0.39, 0.29) is 0 Å². The molecule has 0 atom stereocenters. The largest absolute Gasteiger partial charge is 0.363 e. The van der Waals surface area contributed by atoms with Crippen molar-refractivity contribution in [3.05, 3.63) is 36.4 Å². The smallest absolute Gasteiger partial charge is 0.170 e. The number of rotatable bonds is 2.